The predicted molar refractivity (Wildman–Crippen MR) is 134 cm³/mol. The van der Waals surface area contributed by atoms with Crippen molar-refractivity contribution in [2.24, 2.45) is 5.92 Å². The summed E-state index contributed by atoms with van der Waals surface area (Å²) in [6, 6.07) is 5.25. The second-order valence-electron chi connectivity index (χ2n) is 9.86. The highest BCUT2D eigenvalue weighted by Crippen LogP contribution is 2.27. The minimum absolute atomic E-state index is 0.201. The molecule has 1 aliphatic heterocycles. The lowest BCUT2D eigenvalue weighted by Crippen LogP contribution is -2.50. The van der Waals surface area contributed by atoms with E-state index in [0.29, 0.717) is 35.5 Å². The van der Waals surface area contributed by atoms with Crippen molar-refractivity contribution in [1.82, 2.24) is 15.0 Å². The van der Waals surface area contributed by atoms with E-state index in [1.54, 1.807) is 12.1 Å². The maximum absolute atomic E-state index is 14.2. The largest absolute Gasteiger partial charge is 0.494 e. The molecule has 0 bridgehead atoms. The molecule has 8 nitrogen and oxygen atoms in total. The fraction of sp³-hybridized carbons (Fsp3) is 0.640. The molecule has 2 aromatic rings. The monoisotopic (exact) mass is 472 g/mol. The van der Waals surface area contributed by atoms with Gasteiger partial charge in [-0.3, -0.25) is 0 Å². The number of ether oxygens (including phenoxy) is 1. The summed E-state index contributed by atoms with van der Waals surface area (Å²) in [5, 5.41) is 10.0. The molecule has 4 rings (SSSR count). The Hall–Kier alpha value is -2.68. The molecule has 1 aliphatic carbocycles. The third kappa shape index (κ3) is 6.05. The number of likely N-dealkylation sites (N-methyl/N-ethyl adjacent to an activating group) is 1. The average Bonchev–Trinajstić information content (AvgIpc) is 3.23. The molecule has 2 fully saturated rings. The first-order valence-electron chi connectivity index (χ1n) is 12.7. The lowest BCUT2D eigenvalue weighted by Gasteiger charge is -2.35. The van der Waals surface area contributed by atoms with Crippen LogP contribution in [0.4, 0.5) is 27.9 Å². The molecule has 0 amide bonds. The second kappa shape index (κ2) is 11.2. The third-order valence-electron chi connectivity index (χ3n) is 7.62. The maximum Gasteiger partial charge on any atom is 0.233 e. The highest BCUT2D eigenvalue weighted by atomic mass is 19.1. The molecule has 2 aliphatic rings. The Morgan fingerprint density at radius 1 is 0.971 bits per heavy atom. The number of hydrogen-bond donors (Lipinski definition) is 3. The Labute approximate surface area is 202 Å². The molecular formula is C25H39FN7O+. The van der Waals surface area contributed by atoms with E-state index in [1.165, 1.54) is 64.7 Å². The van der Waals surface area contributed by atoms with Crippen LogP contribution in [0.3, 0.4) is 0 Å². The fourth-order valence-corrected chi connectivity index (χ4v) is 5.22. The van der Waals surface area contributed by atoms with Gasteiger partial charge < -0.3 is 25.2 Å². The third-order valence-corrected chi connectivity index (χ3v) is 7.62. The molecular weight excluding hydrogens is 433 g/mol. The van der Waals surface area contributed by atoms with E-state index in [1.807, 2.05) is 0 Å². The summed E-state index contributed by atoms with van der Waals surface area (Å²) < 4.78 is 20.3. The van der Waals surface area contributed by atoms with Gasteiger partial charge >= 0.3 is 0 Å². The number of quaternary nitrogens is 1. The van der Waals surface area contributed by atoms with Crippen molar-refractivity contribution in [2.75, 3.05) is 56.3 Å². The quantitative estimate of drug-likeness (QED) is 0.429. The lowest BCUT2D eigenvalue weighted by atomic mass is 9.89. The van der Waals surface area contributed by atoms with Crippen LogP contribution in [0.1, 0.15) is 51.9 Å². The van der Waals surface area contributed by atoms with Crippen LogP contribution in [-0.2, 0) is 0 Å². The van der Waals surface area contributed by atoms with E-state index in [0.717, 1.165) is 24.1 Å². The van der Waals surface area contributed by atoms with Crippen molar-refractivity contribution in [3.8, 4) is 5.75 Å². The van der Waals surface area contributed by atoms with Crippen LogP contribution < -0.4 is 20.7 Å². The van der Waals surface area contributed by atoms with E-state index < -0.39 is 5.82 Å². The van der Waals surface area contributed by atoms with Gasteiger partial charge in [0, 0.05) is 31.1 Å². The Balaban J connectivity index is 1.49. The Kier molecular flexibility index (Phi) is 8.03. The van der Waals surface area contributed by atoms with Gasteiger partial charge in [-0.1, -0.05) is 19.3 Å². The first-order valence-corrected chi connectivity index (χ1v) is 12.7. The van der Waals surface area contributed by atoms with Gasteiger partial charge in [-0.2, -0.15) is 15.0 Å². The van der Waals surface area contributed by atoms with Crippen molar-refractivity contribution >= 4 is 23.5 Å². The Bertz CT molecular complexity index is 953. The number of benzene rings is 1. The van der Waals surface area contributed by atoms with E-state index >= 15 is 0 Å². The summed E-state index contributed by atoms with van der Waals surface area (Å²) in [4.78, 5) is 13.8. The zero-order chi connectivity index (χ0) is 24.0. The van der Waals surface area contributed by atoms with E-state index in [4.69, 9.17) is 4.74 Å². The van der Waals surface area contributed by atoms with Crippen LogP contribution in [0.2, 0.25) is 0 Å². The molecule has 3 N–H and O–H groups in total. The normalized spacial score (nSPS) is 23.0. The lowest BCUT2D eigenvalue weighted by molar-refractivity contribution is -0.917. The first-order chi connectivity index (χ1) is 16.5. The first kappa shape index (κ1) is 24.4. The number of likely N-dealkylation sites (tertiary alicyclic amines) is 1. The van der Waals surface area contributed by atoms with Gasteiger partial charge in [0.05, 0.1) is 33.8 Å². The van der Waals surface area contributed by atoms with Gasteiger partial charge in [-0.25, -0.2) is 4.39 Å². The molecule has 1 aromatic heterocycles. The second-order valence-corrected chi connectivity index (χ2v) is 9.86. The Morgan fingerprint density at radius 3 is 2.35 bits per heavy atom. The molecule has 2 unspecified atom stereocenters. The SMILES string of the molecule is CC[N+]1(C)CCCC1CNc1nc(NCC2CCCCC2)nc(Nc2ccc(OC)c(F)c2)n1. The molecule has 1 aromatic carbocycles. The van der Waals surface area contributed by atoms with Crippen molar-refractivity contribution in [2.45, 2.75) is 57.9 Å². The van der Waals surface area contributed by atoms with E-state index in [-0.39, 0.29) is 5.75 Å². The summed E-state index contributed by atoms with van der Waals surface area (Å²) in [7, 11) is 3.78. The number of halogens is 1. The minimum atomic E-state index is -0.437. The summed E-state index contributed by atoms with van der Waals surface area (Å²) >= 11 is 0. The van der Waals surface area contributed by atoms with Crippen molar-refractivity contribution < 1.29 is 13.6 Å². The number of aromatic nitrogens is 3. The van der Waals surface area contributed by atoms with Gasteiger partial charge in [0.2, 0.25) is 17.8 Å². The zero-order valence-corrected chi connectivity index (χ0v) is 20.7. The van der Waals surface area contributed by atoms with E-state index in [2.05, 4.69) is 44.9 Å². The summed E-state index contributed by atoms with van der Waals surface area (Å²) in [6.07, 6.45) is 8.86. The van der Waals surface area contributed by atoms with Gasteiger partial charge in [0.15, 0.2) is 11.6 Å². The van der Waals surface area contributed by atoms with Crippen molar-refractivity contribution in [3.63, 3.8) is 0 Å². The molecule has 2 atom stereocenters. The molecule has 34 heavy (non-hydrogen) atoms. The number of nitrogens with zero attached hydrogens (tertiary/aromatic N) is 4. The molecule has 0 spiro atoms. The number of methoxy groups -OCH3 is 1. The van der Waals surface area contributed by atoms with Crippen LogP contribution >= 0.6 is 0 Å². The van der Waals surface area contributed by atoms with E-state index in [9.17, 15) is 4.39 Å². The van der Waals surface area contributed by atoms with Crippen LogP contribution in [0.15, 0.2) is 18.2 Å². The van der Waals surface area contributed by atoms with Crippen LogP contribution in [0.25, 0.3) is 0 Å². The number of hydrogen-bond acceptors (Lipinski definition) is 7. The number of nitrogens with one attached hydrogen (secondary N) is 3. The minimum Gasteiger partial charge on any atom is -0.494 e. The highest BCUT2D eigenvalue weighted by Gasteiger charge is 2.36. The van der Waals surface area contributed by atoms with Gasteiger partial charge in [0.25, 0.3) is 0 Å². The molecule has 0 radical (unpaired) electrons. The summed E-state index contributed by atoms with van der Waals surface area (Å²) in [5.74, 6) is 1.87. The van der Waals surface area contributed by atoms with Crippen molar-refractivity contribution in [3.05, 3.63) is 24.0 Å². The smallest absolute Gasteiger partial charge is 0.233 e. The van der Waals surface area contributed by atoms with Crippen molar-refractivity contribution in [1.29, 1.82) is 0 Å². The fourth-order valence-electron chi connectivity index (χ4n) is 5.22. The maximum atomic E-state index is 14.2. The molecule has 9 heteroatoms. The molecule has 186 valence electrons. The van der Waals surface area contributed by atoms with Crippen LogP contribution in [0, 0.1) is 11.7 Å². The standard InChI is InChI=1S/C25H39FN7O/c1-4-33(2)14-8-11-20(33)17-28-24-30-23(27-16-18-9-6-5-7-10-18)31-25(32-24)29-19-12-13-22(34-3)21(26)15-19/h12-13,15,18,20H,4-11,14,16-17H2,1-3H3,(H3,27,28,29,30,31,32)/q+1. The molecule has 2 heterocycles. The van der Waals surface area contributed by atoms with Gasteiger partial charge in [0.1, 0.15) is 6.04 Å². The zero-order valence-electron chi connectivity index (χ0n) is 20.7. The molecule has 1 saturated carbocycles. The summed E-state index contributed by atoms with van der Waals surface area (Å²) in [5.41, 5.74) is 0.555. The topological polar surface area (TPSA) is 84.0 Å². The van der Waals surface area contributed by atoms with Gasteiger partial charge in [-0.15, -0.1) is 0 Å². The van der Waals surface area contributed by atoms with Gasteiger partial charge in [-0.05, 0) is 37.8 Å². The predicted octanol–water partition coefficient (Wildman–Crippen LogP) is 4.80. The number of rotatable bonds is 10. The highest BCUT2D eigenvalue weighted by molar-refractivity contribution is 5.57. The Morgan fingerprint density at radius 2 is 1.68 bits per heavy atom. The average molecular weight is 473 g/mol. The summed E-state index contributed by atoms with van der Waals surface area (Å²) in [6.45, 7) is 6.25. The van der Waals surface area contributed by atoms with Crippen LogP contribution in [0.5, 0.6) is 5.75 Å². The van der Waals surface area contributed by atoms with Crippen LogP contribution in [-0.4, -0.2) is 65.8 Å². The number of anilines is 4. The molecule has 1 saturated heterocycles.